The van der Waals surface area contributed by atoms with Gasteiger partial charge in [0.05, 0.1) is 20.1 Å². The summed E-state index contributed by atoms with van der Waals surface area (Å²) < 4.78 is 6.83. The average molecular weight is 296 g/mol. The number of esters is 1. The fourth-order valence-corrected chi connectivity index (χ4v) is 4.20. The first-order valence-electron chi connectivity index (χ1n) is 8.93. The number of carbonyl (C=O) groups is 1. The van der Waals surface area contributed by atoms with E-state index in [1.165, 1.54) is 32.1 Å². The van der Waals surface area contributed by atoms with Crippen molar-refractivity contribution in [1.29, 1.82) is 0 Å². The van der Waals surface area contributed by atoms with Crippen LogP contribution in [0.25, 0.3) is 0 Å². The lowest BCUT2D eigenvalue weighted by atomic mass is 9.75. The molecule has 3 heteroatoms. The smallest absolute Gasteiger partial charge is 0.362 e. The number of quaternary nitrogens is 1. The summed E-state index contributed by atoms with van der Waals surface area (Å²) in [6.07, 6.45) is 7.51. The summed E-state index contributed by atoms with van der Waals surface area (Å²) in [6, 6.07) is 0. The van der Waals surface area contributed by atoms with Gasteiger partial charge in [0.2, 0.25) is 0 Å². The third-order valence-corrected chi connectivity index (χ3v) is 5.65. The molecule has 3 nitrogen and oxygen atoms in total. The predicted molar refractivity (Wildman–Crippen MR) is 85.9 cm³/mol. The molecule has 122 valence electrons. The Morgan fingerprint density at radius 2 is 1.86 bits per heavy atom. The molecule has 2 fully saturated rings. The van der Waals surface area contributed by atoms with Crippen molar-refractivity contribution in [3.63, 3.8) is 0 Å². The first-order valence-corrected chi connectivity index (χ1v) is 8.93. The van der Waals surface area contributed by atoms with Crippen LogP contribution in [0, 0.1) is 17.8 Å². The Morgan fingerprint density at radius 3 is 2.48 bits per heavy atom. The summed E-state index contributed by atoms with van der Waals surface area (Å²) in [5, 5.41) is 0. The van der Waals surface area contributed by atoms with Crippen LogP contribution in [0.2, 0.25) is 0 Å². The van der Waals surface area contributed by atoms with Gasteiger partial charge in [-0.1, -0.05) is 27.2 Å². The van der Waals surface area contributed by atoms with E-state index in [1.54, 1.807) is 0 Å². The molecule has 1 aliphatic heterocycles. The number of likely N-dealkylation sites (tertiary alicyclic amines) is 1. The molecule has 0 aromatic carbocycles. The monoisotopic (exact) mass is 296 g/mol. The number of rotatable bonds is 4. The summed E-state index contributed by atoms with van der Waals surface area (Å²) in [4.78, 5) is 12.4. The topological polar surface area (TPSA) is 26.3 Å². The number of ether oxygens (including phenoxy) is 1. The van der Waals surface area contributed by atoms with Crippen LogP contribution in [0.4, 0.5) is 0 Å². The van der Waals surface area contributed by atoms with Gasteiger partial charge in [-0.2, -0.15) is 0 Å². The van der Waals surface area contributed by atoms with Gasteiger partial charge < -0.3 is 9.22 Å². The highest BCUT2D eigenvalue weighted by atomic mass is 16.5. The molecule has 1 aliphatic carbocycles. The Balaban J connectivity index is 1.90. The van der Waals surface area contributed by atoms with E-state index in [-0.39, 0.29) is 12.1 Å². The van der Waals surface area contributed by atoms with Gasteiger partial charge >= 0.3 is 5.97 Å². The van der Waals surface area contributed by atoms with Gasteiger partial charge in [-0.05, 0) is 49.9 Å². The Bertz CT molecular complexity index is 347. The van der Waals surface area contributed by atoms with Gasteiger partial charge in [0.15, 0.2) is 6.54 Å². The zero-order chi connectivity index (χ0) is 15.5. The van der Waals surface area contributed by atoms with E-state index in [2.05, 4.69) is 27.8 Å². The highest BCUT2D eigenvalue weighted by molar-refractivity contribution is 5.70. The van der Waals surface area contributed by atoms with Crippen LogP contribution in [0.3, 0.4) is 0 Å². The standard InChI is InChI=1S/C18H34NO2/c1-14(2)16-9-8-15(3)12-17(16)21-18(20)13-19(4)10-6-5-7-11-19/h14-17H,5-13H2,1-4H3/q+1. The van der Waals surface area contributed by atoms with E-state index in [0.717, 1.165) is 24.0 Å². The minimum absolute atomic E-state index is 0.0316. The molecule has 0 bridgehead atoms. The van der Waals surface area contributed by atoms with Crippen molar-refractivity contribution >= 4 is 5.97 Å². The van der Waals surface area contributed by atoms with Gasteiger partial charge in [-0.15, -0.1) is 0 Å². The normalized spacial score (nSPS) is 32.9. The van der Waals surface area contributed by atoms with Gasteiger partial charge in [-0.3, -0.25) is 0 Å². The van der Waals surface area contributed by atoms with Crippen molar-refractivity contribution in [2.75, 3.05) is 26.7 Å². The molecule has 0 radical (unpaired) electrons. The lowest BCUT2D eigenvalue weighted by Crippen LogP contribution is -2.52. The minimum atomic E-state index is 0.0316. The van der Waals surface area contributed by atoms with Crippen molar-refractivity contribution in [2.45, 2.75) is 65.4 Å². The van der Waals surface area contributed by atoms with Crippen LogP contribution in [-0.2, 0) is 9.53 Å². The quantitative estimate of drug-likeness (QED) is 0.585. The maximum Gasteiger partial charge on any atom is 0.362 e. The number of carbonyl (C=O) groups excluding carboxylic acids is 1. The molecule has 21 heavy (non-hydrogen) atoms. The lowest BCUT2D eigenvalue weighted by molar-refractivity contribution is -0.907. The lowest BCUT2D eigenvalue weighted by Gasteiger charge is -2.39. The van der Waals surface area contributed by atoms with Crippen LogP contribution in [-0.4, -0.2) is 43.2 Å². The maximum atomic E-state index is 12.4. The van der Waals surface area contributed by atoms with E-state index in [4.69, 9.17) is 4.74 Å². The minimum Gasteiger partial charge on any atom is -0.458 e. The van der Waals surface area contributed by atoms with E-state index in [0.29, 0.717) is 24.3 Å². The second-order valence-electron chi connectivity index (χ2n) is 8.14. The van der Waals surface area contributed by atoms with Crippen molar-refractivity contribution in [2.24, 2.45) is 17.8 Å². The molecule has 3 atom stereocenters. The molecule has 3 unspecified atom stereocenters. The fraction of sp³-hybridized carbons (Fsp3) is 0.944. The zero-order valence-electron chi connectivity index (χ0n) is 14.4. The second kappa shape index (κ2) is 7.13. The SMILES string of the molecule is CC1CCC(C(C)C)C(OC(=O)C[N+]2(C)CCCCC2)C1. The molecule has 2 rings (SSSR count). The highest BCUT2D eigenvalue weighted by Gasteiger charge is 2.35. The van der Waals surface area contributed by atoms with Crippen molar-refractivity contribution in [3.05, 3.63) is 0 Å². The molecular weight excluding hydrogens is 262 g/mol. The third-order valence-electron chi connectivity index (χ3n) is 5.65. The number of nitrogens with zero attached hydrogens (tertiary/aromatic N) is 1. The molecule has 0 amide bonds. The van der Waals surface area contributed by atoms with E-state index in [9.17, 15) is 4.79 Å². The van der Waals surface area contributed by atoms with Crippen LogP contribution in [0.15, 0.2) is 0 Å². The first kappa shape index (κ1) is 16.8. The molecule has 1 saturated carbocycles. The molecule has 0 spiro atoms. The molecule has 2 aliphatic rings. The average Bonchev–Trinajstić information content (AvgIpc) is 2.38. The van der Waals surface area contributed by atoms with E-state index < -0.39 is 0 Å². The van der Waals surface area contributed by atoms with E-state index >= 15 is 0 Å². The Kier molecular flexibility index (Phi) is 5.70. The Morgan fingerprint density at radius 1 is 1.19 bits per heavy atom. The predicted octanol–water partition coefficient (Wildman–Crippen LogP) is 3.62. The number of hydrogen-bond acceptors (Lipinski definition) is 2. The molecule has 1 heterocycles. The largest absolute Gasteiger partial charge is 0.458 e. The Labute approximate surface area is 130 Å². The van der Waals surface area contributed by atoms with Gasteiger partial charge in [-0.25, -0.2) is 4.79 Å². The summed E-state index contributed by atoms with van der Waals surface area (Å²) in [5.74, 6) is 1.88. The third kappa shape index (κ3) is 4.70. The summed E-state index contributed by atoms with van der Waals surface area (Å²) >= 11 is 0. The highest BCUT2D eigenvalue weighted by Crippen LogP contribution is 2.35. The van der Waals surface area contributed by atoms with Crippen molar-refractivity contribution < 1.29 is 14.0 Å². The first-order chi connectivity index (χ1) is 9.89. The van der Waals surface area contributed by atoms with Crippen LogP contribution in [0.1, 0.15) is 59.3 Å². The zero-order valence-corrected chi connectivity index (χ0v) is 14.4. The number of hydrogen-bond donors (Lipinski definition) is 0. The Hall–Kier alpha value is -0.570. The number of likely N-dealkylation sites (N-methyl/N-ethyl adjacent to an activating group) is 1. The molecule has 0 aromatic heterocycles. The van der Waals surface area contributed by atoms with Crippen molar-refractivity contribution in [3.8, 4) is 0 Å². The van der Waals surface area contributed by atoms with Crippen LogP contribution < -0.4 is 0 Å². The second-order valence-corrected chi connectivity index (χ2v) is 8.14. The molecule has 0 N–H and O–H groups in total. The molecule has 1 saturated heterocycles. The van der Waals surface area contributed by atoms with Gasteiger partial charge in [0.25, 0.3) is 0 Å². The molecule has 0 aromatic rings. The summed E-state index contributed by atoms with van der Waals surface area (Å²) in [5.41, 5.74) is 0. The number of piperidine rings is 1. The van der Waals surface area contributed by atoms with Gasteiger partial charge in [0, 0.05) is 0 Å². The maximum absolute atomic E-state index is 12.4. The summed E-state index contributed by atoms with van der Waals surface area (Å²) in [7, 11) is 2.21. The van der Waals surface area contributed by atoms with Gasteiger partial charge in [0.1, 0.15) is 6.10 Å². The van der Waals surface area contributed by atoms with Crippen molar-refractivity contribution in [1.82, 2.24) is 0 Å². The van der Waals surface area contributed by atoms with Crippen LogP contribution in [0.5, 0.6) is 0 Å². The summed E-state index contributed by atoms with van der Waals surface area (Å²) in [6.45, 7) is 9.64. The fourth-order valence-electron chi connectivity index (χ4n) is 4.20. The molecular formula is C18H34NO2+. The van der Waals surface area contributed by atoms with E-state index in [1.807, 2.05) is 0 Å². The van der Waals surface area contributed by atoms with Crippen LogP contribution >= 0.6 is 0 Å².